The molecule has 2 aliphatic carbocycles. The molecule has 3 rings (SSSR count). The number of carbonyl (C=O) groups is 3. The van der Waals surface area contributed by atoms with Gasteiger partial charge >= 0.3 is 11.9 Å². The maximum Gasteiger partial charge on any atom is 0.312 e. The van der Waals surface area contributed by atoms with E-state index in [-0.39, 0.29) is 28.8 Å². The van der Waals surface area contributed by atoms with E-state index in [0.29, 0.717) is 5.56 Å². The SMILES string of the molecule is COC(=O)[C@H]1[C@H](C(=O)OC)[C@@H](c2cc(OC)c(O)c(OC)c2)C2(C=C(OC)C(=O)C(OC)=C2)[C@@H]1OC. The zero-order valence-electron chi connectivity index (χ0n) is 21.1. The van der Waals surface area contributed by atoms with Gasteiger partial charge in [-0.15, -0.1) is 0 Å². The van der Waals surface area contributed by atoms with Gasteiger partial charge < -0.3 is 38.3 Å². The van der Waals surface area contributed by atoms with Gasteiger partial charge in [0.25, 0.3) is 5.78 Å². The number of aromatic hydroxyl groups is 1. The average molecular weight is 507 g/mol. The maximum absolute atomic E-state index is 13.3. The highest BCUT2D eigenvalue weighted by Gasteiger charge is 2.66. The third-order valence-corrected chi connectivity index (χ3v) is 6.82. The molecule has 11 nitrogen and oxygen atoms in total. The highest BCUT2D eigenvalue weighted by molar-refractivity contribution is 6.07. The van der Waals surface area contributed by atoms with Crippen molar-refractivity contribution in [1.82, 2.24) is 0 Å². The first-order chi connectivity index (χ1) is 17.2. The van der Waals surface area contributed by atoms with E-state index in [2.05, 4.69) is 0 Å². The van der Waals surface area contributed by atoms with Gasteiger partial charge in [0, 0.05) is 18.4 Å². The quantitative estimate of drug-likeness (QED) is 0.516. The molecule has 1 spiro atoms. The first-order valence-corrected chi connectivity index (χ1v) is 10.9. The van der Waals surface area contributed by atoms with Gasteiger partial charge in [-0.1, -0.05) is 0 Å². The molecule has 1 N–H and O–H groups in total. The molecule has 0 radical (unpaired) electrons. The number of phenolic OH excluding ortho intramolecular Hbond substituents is 1. The van der Waals surface area contributed by atoms with Crippen molar-refractivity contribution < 1.29 is 52.6 Å². The Labute approximate surface area is 208 Å². The molecule has 0 saturated heterocycles. The number of phenols is 1. The van der Waals surface area contributed by atoms with Crippen molar-refractivity contribution in [3.8, 4) is 17.2 Å². The van der Waals surface area contributed by atoms with Crippen molar-refractivity contribution >= 4 is 17.7 Å². The number of carbonyl (C=O) groups excluding carboxylic acids is 3. The Morgan fingerprint density at radius 1 is 0.778 bits per heavy atom. The van der Waals surface area contributed by atoms with Crippen molar-refractivity contribution in [2.24, 2.45) is 17.3 Å². The summed E-state index contributed by atoms with van der Waals surface area (Å²) in [6.07, 6.45) is 2.01. The normalized spacial score (nSPS) is 24.5. The molecule has 0 bridgehead atoms. The highest BCUT2D eigenvalue weighted by atomic mass is 16.5. The number of hydrogen-bond donors (Lipinski definition) is 1. The number of hydrogen-bond acceptors (Lipinski definition) is 11. The molecule has 4 atom stereocenters. The van der Waals surface area contributed by atoms with Crippen LogP contribution in [0.25, 0.3) is 0 Å². The van der Waals surface area contributed by atoms with E-state index in [0.717, 1.165) is 0 Å². The summed E-state index contributed by atoms with van der Waals surface area (Å²) in [5, 5.41) is 10.5. The van der Waals surface area contributed by atoms with Gasteiger partial charge in [0.15, 0.2) is 23.0 Å². The Kier molecular flexibility index (Phi) is 7.83. The molecule has 36 heavy (non-hydrogen) atoms. The molecular weight excluding hydrogens is 476 g/mol. The monoisotopic (exact) mass is 506 g/mol. The van der Waals surface area contributed by atoms with E-state index in [9.17, 15) is 19.5 Å². The van der Waals surface area contributed by atoms with Crippen LogP contribution in [0.5, 0.6) is 17.2 Å². The van der Waals surface area contributed by atoms with Gasteiger partial charge in [0.05, 0.1) is 60.6 Å². The summed E-state index contributed by atoms with van der Waals surface area (Å²) < 4.78 is 37.4. The first kappa shape index (κ1) is 26.9. The number of benzene rings is 1. The summed E-state index contributed by atoms with van der Waals surface area (Å²) in [4.78, 5) is 39.3. The van der Waals surface area contributed by atoms with Crippen LogP contribution < -0.4 is 9.47 Å². The van der Waals surface area contributed by atoms with Crippen LogP contribution in [-0.4, -0.2) is 78.7 Å². The molecule has 1 aromatic rings. The smallest absolute Gasteiger partial charge is 0.312 e. The Hall–Kier alpha value is -3.73. The van der Waals surface area contributed by atoms with Crippen LogP contribution in [0.2, 0.25) is 0 Å². The molecule has 0 aromatic heterocycles. The van der Waals surface area contributed by atoms with Crippen LogP contribution in [0.15, 0.2) is 35.8 Å². The fourth-order valence-electron chi connectivity index (χ4n) is 5.36. The lowest BCUT2D eigenvalue weighted by atomic mass is 9.68. The number of Topliss-reactive ketones (excluding diaryl/α,β-unsaturated/α-hetero) is 1. The van der Waals surface area contributed by atoms with Crippen molar-refractivity contribution in [3.63, 3.8) is 0 Å². The second kappa shape index (κ2) is 10.5. The minimum Gasteiger partial charge on any atom is -0.502 e. The second-order valence-corrected chi connectivity index (χ2v) is 8.26. The molecule has 0 amide bonds. The Morgan fingerprint density at radius 3 is 1.64 bits per heavy atom. The first-order valence-electron chi connectivity index (χ1n) is 10.9. The minimum absolute atomic E-state index is 0.0618. The summed E-state index contributed by atoms with van der Waals surface area (Å²) in [7, 11) is 9.16. The fraction of sp³-hybridized carbons (Fsp3) is 0.480. The van der Waals surface area contributed by atoms with Crippen LogP contribution in [0.1, 0.15) is 11.5 Å². The fourth-order valence-corrected chi connectivity index (χ4v) is 5.36. The summed E-state index contributed by atoms with van der Waals surface area (Å²) in [6, 6.07) is 3.04. The summed E-state index contributed by atoms with van der Waals surface area (Å²) in [5.74, 6) is -5.40. The van der Waals surface area contributed by atoms with Crippen molar-refractivity contribution in [2.75, 3.05) is 49.8 Å². The van der Waals surface area contributed by atoms with E-state index < -0.39 is 47.0 Å². The lowest BCUT2D eigenvalue weighted by Crippen LogP contribution is -2.41. The topological polar surface area (TPSA) is 136 Å². The largest absolute Gasteiger partial charge is 0.502 e. The Bertz CT molecular complexity index is 1050. The molecule has 196 valence electrons. The number of rotatable bonds is 8. The van der Waals surface area contributed by atoms with Gasteiger partial charge in [-0.2, -0.15) is 0 Å². The van der Waals surface area contributed by atoms with Crippen LogP contribution in [-0.2, 0) is 38.1 Å². The molecule has 0 unspecified atom stereocenters. The number of methoxy groups -OCH3 is 7. The summed E-state index contributed by atoms with van der Waals surface area (Å²) >= 11 is 0. The lowest BCUT2D eigenvalue weighted by Gasteiger charge is -2.38. The summed E-state index contributed by atoms with van der Waals surface area (Å²) in [6.45, 7) is 0. The van der Waals surface area contributed by atoms with Crippen LogP contribution >= 0.6 is 0 Å². The number of ether oxygens (including phenoxy) is 7. The molecule has 11 heteroatoms. The van der Waals surface area contributed by atoms with Gasteiger partial charge in [-0.25, -0.2) is 0 Å². The van der Waals surface area contributed by atoms with E-state index in [4.69, 9.17) is 33.2 Å². The molecule has 1 saturated carbocycles. The zero-order valence-corrected chi connectivity index (χ0v) is 21.1. The van der Waals surface area contributed by atoms with E-state index in [1.807, 2.05) is 0 Å². The van der Waals surface area contributed by atoms with Crippen molar-refractivity contribution in [2.45, 2.75) is 12.0 Å². The van der Waals surface area contributed by atoms with Gasteiger partial charge in [0.2, 0.25) is 5.75 Å². The average Bonchev–Trinajstić information content (AvgIpc) is 3.18. The minimum atomic E-state index is -1.34. The predicted octanol–water partition coefficient (Wildman–Crippen LogP) is 1.73. The molecule has 0 heterocycles. The Balaban J connectivity index is 2.48. The molecule has 2 aliphatic rings. The molecule has 1 fully saturated rings. The van der Waals surface area contributed by atoms with Crippen molar-refractivity contribution in [3.05, 3.63) is 41.4 Å². The second-order valence-electron chi connectivity index (χ2n) is 8.26. The van der Waals surface area contributed by atoms with E-state index in [1.54, 1.807) is 0 Å². The van der Waals surface area contributed by atoms with Gasteiger partial charge in [-0.3, -0.25) is 14.4 Å². The highest BCUT2D eigenvalue weighted by Crippen LogP contribution is 2.62. The van der Waals surface area contributed by atoms with Crippen LogP contribution in [0.3, 0.4) is 0 Å². The van der Waals surface area contributed by atoms with Crippen molar-refractivity contribution in [1.29, 1.82) is 0 Å². The molecule has 1 aromatic carbocycles. The standard InChI is InChI=1S/C25H30O11/c1-30-13-8-12(9-14(31-2)20(13)26)19-17(23(28)35-6)18(24(29)36-7)22(34-5)25(19)10-15(32-3)21(27)16(11-25)33-4/h8-11,17-19,22,26H,1-7H3/t17-,18-,19+,22+/m0/s1. The van der Waals surface area contributed by atoms with Crippen LogP contribution in [0, 0.1) is 17.3 Å². The van der Waals surface area contributed by atoms with Crippen LogP contribution in [0.4, 0.5) is 0 Å². The molecular formula is C25H30O11. The number of esters is 2. The Morgan fingerprint density at radius 2 is 1.25 bits per heavy atom. The summed E-state index contributed by atoms with van der Waals surface area (Å²) in [5.41, 5.74) is -0.914. The van der Waals surface area contributed by atoms with Gasteiger partial charge in [-0.05, 0) is 29.8 Å². The third-order valence-electron chi connectivity index (χ3n) is 6.82. The third kappa shape index (κ3) is 4.02. The van der Waals surface area contributed by atoms with E-state index >= 15 is 0 Å². The predicted molar refractivity (Wildman–Crippen MR) is 123 cm³/mol. The van der Waals surface area contributed by atoms with Gasteiger partial charge in [0.1, 0.15) is 0 Å². The zero-order chi connectivity index (χ0) is 26.8. The maximum atomic E-state index is 13.3. The molecule has 0 aliphatic heterocycles. The lowest BCUT2D eigenvalue weighted by molar-refractivity contribution is -0.160. The van der Waals surface area contributed by atoms with E-state index in [1.165, 1.54) is 74.1 Å². The number of ketones is 1.